The zero-order valence-electron chi connectivity index (χ0n) is 12.5. The lowest BCUT2D eigenvalue weighted by atomic mass is 10.0. The summed E-state index contributed by atoms with van der Waals surface area (Å²) >= 11 is 0. The van der Waals surface area contributed by atoms with Crippen LogP contribution < -0.4 is 4.74 Å². The Morgan fingerprint density at radius 3 is 2.33 bits per heavy atom. The van der Waals surface area contributed by atoms with E-state index in [-0.39, 0.29) is 0 Å². The zero-order chi connectivity index (χ0) is 16.0. The zero-order valence-corrected chi connectivity index (χ0v) is 12.5. The lowest BCUT2D eigenvalue weighted by Gasteiger charge is -2.24. The van der Waals surface area contributed by atoms with E-state index in [2.05, 4.69) is 10.0 Å². The van der Waals surface area contributed by atoms with Gasteiger partial charge in [0.05, 0.1) is 13.2 Å². The Kier molecular flexibility index (Phi) is 5.58. The van der Waals surface area contributed by atoms with Gasteiger partial charge in [-0.25, -0.2) is 0 Å². The van der Waals surface area contributed by atoms with E-state index >= 15 is 0 Å². The smallest absolute Gasteiger partial charge is 0.318 e. The summed E-state index contributed by atoms with van der Waals surface area (Å²) in [5, 5.41) is 13.6. The molecule has 0 amide bonds. The van der Waals surface area contributed by atoms with Gasteiger partial charge in [-0.1, -0.05) is 17.2 Å². The number of carbonyl (C=O) groups excluding carboxylic acids is 1. The van der Waals surface area contributed by atoms with Crippen LogP contribution in [0.25, 0.3) is 10.4 Å². The molecule has 0 fully saturated rings. The first-order valence-electron chi connectivity index (χ1n) is 6.37. The minimum absolute atomic E-state index is 0.430. The molecule has 0 aliphatic rings. The SMILES string of the molecule is COc1ccc([C@@H](O)[C@@H](N=[N+]=[N-])C(=O)OC(C)(C)C)cc1. The van der Waals surface area contributed by atoms with Gasteiger partial charge in [0.25, 0.3) is 0 Å². The molecule has 0 bridgehead atoms. The molecule has 0 unspecified atom stereocenters. The molecule has 114 valence electrons. The number of rotatable bonds is 5. The number of carbonyl (C=O) groups is 1. The molecule has 21 heavy (non-hydrogen) atoms. The van der Waals surface area contributed by atoms with Gasteiger partial charge in [0.2, 0.25) is 0 Å². The second-order valence-electron chi connectivity index (χ2n) is 5.40. The molecule has 1 rings (SSSR count). The van der Waals surface area contributed by atoms with E-state index < -0.39 is 23.7 Å². The Hall–Kier alpha value is -2.24. The molecule has 1 N–H and O–H groups in total. The number of aliphatic hydroxyl groups is 1. The third-order valence-corrected chi connectivity index (χ3v) is 2.58. The lowest BCUT2D eigenvalue weighted by molar-refractivity contribution is -0.159. The molecule has 0 heterocycles. The Morgan fingerprint density at radius 1 is 1.33 bits per heavy atom. The van der Waals surface area contributed by atoms with Gasteiger partial charge in [-0.3, -0.25) is 4.79 Å². The number of hydrogen-bond acceptors (Lipinski definition) is 5. The third kappa shape index (κ3) is 4.98. The first kappa shape index (κ1) is 16.8. The number of ether oxygens (including phenoxy) is 2. The predicted octanol–water partition coefficient (Wildman–Crippen LogP) is 2.75. The fraction of sp³-hybridized carbons (Fsp3) is 0.500. The van der Waals surface area contributed by atoms with Crippen molar-refractivity contribution in [1.29, 1.82) is 0 Å². The number of azide groups is 1. The third-order valence-electron chi connectivity index (χ3n) is 2.58. The van der Waals surface area contributed by atoms with Crippen molar-refractivity contribution in [3.05, 3.63) is 40.3 Å². The van der Waals surface area contributed by atoms with Gasteiger partial charge in [0, 0.05) is 4.91 Å². The highest BCUT2D eigenvalue weighted by Crippen LogP contribution is 2.24. The first-order valence-corrected chi connectivity index (χ1v) is 6.37. The lowest BCUT2D eigenvalue weighted by Crippen LogP contribution is -2.34. The molecule has 0 saturated heterocycles. The highest BCUT2D eigenvalue weighted by molar-refractivity contribution is 5.77. The topological polar surface area (TPSA) is 105 Å². The largest absolute Gasteiger partial charge is 0.497 e. The summed E-state index contributed by atoms with van der Waals surface area (Å²) in [5.74, 6) is -0.160. The number of aliphatic hydroxyl groups excluding tert-OH is 1. The molecular weight excluding hydrogens is 274 g/mol. The maximum absolute atomic E-state index is 12.0. The summed E-state index contributed by atoms with van der Waals surface area (Å²) in [4.78, 5) is 14.6. The average molecular weight is 293 g/mol. The van der Waals surface area contributed by atoms with Crippen LogP contribution >= 0.6 is 0 Å². The standard InChI is InChI=1S/C14H19N3O4/c1-14(2,3)21-13(19)11(16-17-15)12(18)9-5-7-10(20-4)8-6-9/h5-8,11-12,18H,1-4H3/t11-,12-/m1/s1. The quantitative estimate of drug-likeness (QED) is 0.390. The minimum atomic E-state index is -1.34. The van der Waals surface area contributed by atoms with Crippen molar-refractivity contribution in [3.8, 4) is 5.75 Å². The van der Waals surface area contributed by atoms with E-state index in [0.717, 1.165) is 0 Å². The van der Waals surface area contributed by atoms with Crippen molar-refractivity contribution < 1.29 is 19.4 Å². The van der Waals surface area contributed by atoms with Crippen LogP contribution in [0.3, 0.4) is 0 Å². The van der Waals surface area contributed by atoms with E-state index in [4.69, 9.17) is 15.0 Å². The van der Waals surface area contributed by atoms with Gasteiger partial charge in [-0.2, -0.15) is 0 Å². The maximum Gasteiger partial charge on any atom is 0.318 e. The minimum Gasteiger partial charge on any atom is -0.497 e. The van der Waals surface area contributed by atoms with E-state index in [0.29, 0.717) is 11.3 Å². The number of esters is 1. The van der Waals surface area contributed by atoms with Crippen LogP contribution in [0.1, 0.15) is 32.4 Å². The van der Waals surface area contributed by atoms with Gasteiger partial charge in [0.15, 0.2) is 6.04 Å². The van der Waals surface area contributed by atoms with Crippen molar-refractivity contribution in [2.75, 3.05) is 7.11 Å². The summed E-state index contributed by atoms with van der Waals surface area (Å²) in [6.45, 7) is 5.08. The molecule has 0 saturated carbocycles. The fourth-order valence-corrected chi connectivity index (χ4v) is 1.64. The maximum atomic E-state index is 12.0. The van der Waals surface area contributed by atoms with Crippen LogP contribution in [0.5, 0.6) is 5.75 Å². The number of hydrogen-bond donors (Lipinski definition) is 1. The summed E-state index contributed by atoms with van der Waals surface area (Å²) in [6, 6.07) is 5.12. The summed E-state index contributed by atoms with van der Waals surface area (Å²) < 4.78 is 10.2. The van der Waals surface area contributed by atoms with Crippen LogP contribution in [0.4, 0.5) is 0 Å². The molecule has 1 aromatic carbocycles. The highest BCUT2D eigenvalue weighted by Gasteiger charge is 2.31. The summed E-state index contributed by atoms with van der Waals surface area (Å²) in [5.41, 5.74) is 8.27. The molecule has 7 nitrogen and oxygen atoms in total. The van der Waals surface area contributed by atoms with Crippen LogP contribution in [-0.2, 0) is 9.53 Å². The molecular formula is C14H19N3O4. The molecule has 0 aliphatic carbocycles. The van der Waals surface area contributed by atoms with E-state index in [1.54, 1.807) is 45.0 Å². The normalized spacial score (nSPS) is 13.8. The Labute approximate surface area is 123 Å². The molecule has 0 spiro atoms. The van der Waals surface area contributed by atoms with Crippen LogP contribution in [-0.4, -0.2) is 29.8 Å². The van der Waals surface area contributed by atoms with Crippen molar-refractivity contribution >= 4 is 5.97 Å². The predicted molar refractivity (Wildman–Crippen MR) is 76.7 cm³/mol. The van der Waals surface area contributed by atoms with E-state index in [1.807, 2.05) is 0 Å². The second-order valence-corrected chi connectivity index (χ2v) is 5.40. The van der Waals surface area contributed by atoms with E-state index in [1.165, 1.54) is 7.11 Å². The summed E-state index contributed by atoms with van der Waals surface area (Å²) in [7, 11) is 1.52. The van der Waals surface area contributed by atoms with Gasteiger partial charge >= 0.3 is 5.97 Å². The monoisotopic (exact) mass is 293 g/mol. The van der Waals surface area contributed by atoms with Crippen molar-refractivity contribution in [2.24, 2.45) is 5.11 Å². The number of nitrogens with zero attached hydrogens (tertiary/aromatic N) is 3. The molecule has 0 aliphatic heterocycles. The molecule has 1 aromatic rings. The van der Waals surface area contributed by atoms with Crippen LogP contribution in [0.15, 0.2) is 29.4 Å². The van der Waals surface area contributed by atoms with Gasteiger partial charge in [-0.05, 0) is 44.0 Å². The molecule has 7 heteroatoms. The van der Waals surface area contributed by atoms with E-state index in [9.17, 15) is 9.90 Å². The summed E-state index contributed by atoms with van der Waals surface area (Å²) in [6.07, 6.45) is -1.29. The highest BCUT2D eigenvalue weighted by atomic mass is 16.6. The Balaban J connectivity index is 2.98. The van der Waals surface area contributed by atoms with Gasteiger partial charge < -0.3 is 14.6 Å². The number of methoxy groups -OCH3 is 1. The molecule has 2 atom stereocenters. The van der Waals surface area contributed by atoms with Crippen LogP contribution in [0, 0.1) is 0 Å². The molecule has 0 aromatic heterocycles. The first-order chi connectivity index (χ1) is 9.78. The second kappa shape index (κ2) is 6.97. The Morgan fingerprint density at radius 2 is 1.90 bits per heavy atom. The fourth-order valence-electron chi connectivity index (χ4n) is 1.64. The van der Waals surface area contributed by atoms with Crippen molar-refractivity contribution in [1.82, 2.24) is 0 Å². The van der Waals surface area contributed by atoms with Crippen LogP contribution in [0.2, 0.25) is 0 Å². The van der Waals surface area contributed by atoms with Crippen molar-refractivity contribution in [2.45, 2.75) is 38.5 Å². The average Bonchev–Trinajstić information content (AvgIpc) is 2.42. The van der Waals surface area contributed by atoms with Gasteiger partial charge in [0.1, 0.15) is 11.4 Å². The molecule has 0 radical (unpaired) electrons. The van der Waals surface area contributed by atoms with Crippen molar-refractivity contribution in [3.63, 3.8) is 0 Å². The Bertz CT molecular complexity index is 530. The number of benzene rings is 1. The van der Waals surface area contributed by atoms with Gasteiger partial charge in [-0.15, -0.1) is 0 Å².